The monoisotopic (exact) mass is 1360 g/mol. The van der Waals surface area contributed by atoms with Gasteiger partial charge in [-0.3, -0.25) is 0 Å². The van der Waals surface area contributed by atoms with Crippen molar-refractivity contribution in [3.63, 3.8) is 0 Å². The molecule has 0 aliphatic carbocycles. The summed E-state index contributed by atoms with van der Waals surface area (Å²) in [5, 5.41) is 7.57. The lowest BCUT2D eigenvalue weighted by Gasteiger charge is -2.36. The number of hydrogen-bond acceptors (Lipinski definition) is 27. The molecule has 0 fully saturated rings. The summed E-state index contributed by atoms with van der Waals surface area (Å²) in [6.07, 6.45) is 1.31. The van der Waals surface area contributed by atoms with Crippen LogP contribution in [0.3, 0.4) is 0 Å². The Labute approximate surface area is 485 Å². The average molecular weight is 1360 g/mol. The van der Waals surface area contributed by atoms with Gasteiger partial charge in [-0.05, 0) is 118 Å². The Kier molecular flexibility index (Phi) is 60.2. The molecule has 0 aliphatic rings. The Balaban J connectivity index is -0.000000107. The summed E-state index contributed by atoms with van der Waals surface area (Å²) in [4.78, 5) is 55.9. The van der Waals surface area contributed by atoms with Crippen LogP contribution in [-0.2, 0) is 77.8 Å². The van der Waals surface area contributed by atoms with E-state index in [1.54, 1.807) is 75.8 Å². The maximum absolute atomic E-state index is 10.7. The van der Waals surface area contributed by atoms with Gasteiger partial charge >= 0.3 is 104 Å². The molecule has 0 rings (SSSR count). The van der Waals surface area contributed by atoms with E-state index in [2.05, 4.69) is 4.43 Å². The van der Waals surface area contributed by atoms with Gasteiger partial charge in [-0.2, -0.15) is 0 Å². The minimum atomic E-state index is -3.44. The van der Waals surface area contributed by atoms with Crippen molar-refractivity contribution in [2.24, 2.45) is 11.5 Å². The Morgan fingerprint density at radius 3 is 0.833 bits per heavy atom. The standard InChI is InChI=1S/C9H27NO6Si3.C8H23NO4Si2.C7H22O6Si3.C6H18O4Si2.C3H10O2Si.C2H8O2Si.C2H6O.CH4.H2O/c1-12-17(4,5)15-19(11,9-7-8-10)16-18(6,13-2)14-3;1-5-12-15(10,8-6-7-9)13-14(3,4)11-2;1-9-14(4,5)12-16(7,11-3)13-15(6,8)10-2;1-7-11(4,5)10-12(6,8-2)9-3;1-5-6(2,3)4;1-5(2,3)4;1-2-3;;/h11H,7-10H2,1-6H3;10H,5-9H2,1-4H3;8H,1-7H3;1-6H3;4H,1-3H3;3-4H,1-2H3;3H,2H2,1H3;1H4;1H2. The fourth-order valence-corrected chi connectivity index (χ4v) is 30.9. The number of hydrogen-bond donors (Lipinski definition) is 9. The van der Waals surface area contributed by atoms with Gasteiger partial charge in [0.25, 0.3) is 0 Å². The van der Waals surface area contributed by atoms with Gasteiger partial charge in [0.15, 0.2) is 0 Å². The normalized spacial score (nSPS) is 15.3. The van der Waals surface area contributed by atoms with Crippen LogP contribution >= 0.6 is 0 Å². The van der Waals surface area contributed by atoms with Crippen LogP contribution in [0.4, 0.5) is 0 Å². The molecule has 0 saturated carbocycles. The molecule has 4 unspecified atom stereocenters. The van der Waals surface area contributed by atoms with E-state index in [0.29, 0.717) is 44.6 Å². The van der Waals surface area contributed by atoms with Gasteiger partial charge in [0.1, 0.15) is 0 Å². The number of aliphatic hydroxyl groups is 1. The maximum Gasteiger partial charge on any atom is 0.489 e. The quantitative estimate of drug-likeness (QED) is 0.0450. The van der Waals surface area contributed by atoms with Crippen molar-refractivity contribution in [1.82, 2.24) is 0 Å². The Morgan fingerprint density at radius 2 is 0.603 bits per heavy atom. The first kappa shape index (κ1) is 98.5. The van der Waals surface area contributed by atoms with Gasteiger partial charge in [-0.25, -0.2) is 0 Å². The molecule has 0 spiro atoms. The number of rotatable bonds is 31. The van der Waals surface area contributed by atoms with Crippen LogP contribution < -0.4 is 11.5 Å². The molecule has 0 aromatic heterocycles. The lowest BCUT2D eigenvalue weighted by Crippen LogP contribution is -2.59. The summed E-state index contributed by atoms with van der Waals surface area (Å²) < 4.78 is 96.1. The van der Waals surface area contributed by atoms with Crippen molar-refractivity contribution in [3.8, 4) is 0 Å². The third kappa shape index (κ3) is 63.5. The zero-order chi connectivity index (χ0) is 62.4. The highest BCUT2D eigenvalue weighted by Gasteiger charge is 2.51. The molecule has 0 aromatic rings. The molecular formula is C38H120N2O26Si12. The Bertz CT molecular complexity index is 1340. The average Bonchev–Trinajstić information content (AvgIpc) is 3.29. The molecule has 486 valence electrons. The van der Waals surface area contributed by atoms with Crippen LogP contribution in [-0.4, -0.2) is 248 Å². The molecule has 28 nitrogen and oxygen atoms in total. The summed E-state index contributed by atoms with van der Waals surface area (Å²) >= 11 is 0. The first-order valence-corrected chi connectivity index (χ1v) is 54.2. The van der Waals surface area contributed by atoms with E-state index >= 15 is 0 Å². The zero-order valence-corrected chi connectivity index (χ0v) is 64.8. The second-order valence-corrected chi connectivity index (χ2v) is 56.4. The van der Waals surface area contributed by atoms with Crippen LogP contribution in [0.25, 0.3) is 0 Å². The van der Waals surface area contributed by atoms with Gasteiger partial charge in [-0.1, -0.05) is 7.43 Å². The summed E-state index contributed by atoms with van der Waals surface area (Å²) in [5.41, 5.74) is 10.9. The minimum absolute atomic E-state index is 0. The third-order valence-corrected chi connectivity index (χ3v) is 40.1. The predicted molar refractivity (Wildman–Crippen MR) is 331 cm³/mol. The highest BCUT2D eigenvalue weighted by molar-refractivity contribution is 6.82. The van der Waals surface area contributed by atoms with E-state index in [4.69, 9.17) is 104 Å². The van der Waals surface area contributed by atoms with Crippen LogP contribution in [0, 0.1) is 0 Å². The lowest BCUT2D eigenvalue weighted by atomic mass is 10.5. The van der Waals surface area contributed by atoms with Crippen molar-refractivity contribution < 1.29 is 117 Å². The Morgan fingerprint density at radius 1 is 0.359 bits per heavy atom. The fraction of sp³-hybridized carbons (Fsp3) is 1.00. The molecule has 0 saturated heterocycles. The van der Waals surface area contributed by atoms with Crippen LogP contribution in [0.15, 0.2) is 0 Å². The summed E-state index contributed by atoms with van der Waals surface area (Å²) in [7, 11) is -14.7. The smallest absolute Gasteiger partial charge is 0.412 e. The summed E-state index contributed by atoms with van der Waals surface area (Å²) in [6.45, 7) is 33.4. The molecule has 0 aromatic carbocycles. The van der Waals surface area contributed by atoms with Crippen molar-refractivity contribution in [3.05, 3.63) is 0 Å². The third-order valence-electron chi connectivity index (χ3n) is 8.85. The second-order valence-electron chi connectivity index (χ2n) is 18.8. The first-order chi connectivity index (χ1) is 34.0. The topological polar surface area (TPSA) is 391 Å². The largest absolute Gasteiger partial charge is 0.489 e. The molecule has 78 heavy (non-hydrogen) atoms. The number of aliphatic hydroxyl groups excluding tert-OH is 1. The molecule has 0 aliphatic heterocycles. The van der Waals surface area contributed by atoms with Crippen molar-refractivity contribution in [2.75, 3.05) is 105 Å². The Hall–Kier alpha value is 1.48. The number of nitrogens with two attached hydrogens (primary N) is 2. The lowest BCUT2D eigenvalue weighted by molar-refractivity contribution is 0.113. The molecule has 0 heterocycles. The van der Waals surface area contributed by atoms with Gasteiger partial charge < -0.3 is 129 Å². The van der Waals surface area contributed by atoms with Crippen LogP contribution in [0.1, 0.15) is 34.1 Å². The second kappa shape index (κ2) is 47.6. The molecular weight excluding hydrogens is 1240 g/mol. The van der Waals surface area contributed by atoms with Gasteiger partial charge in [0.05, 0.1) is 0 Å². The molecule has 40 heteroatoms. The SMILES string of the molecule is C.CCO.CCO[Si](O)(CCCN)O[Si](C)(C)OC.CO[Si](C)(C)O.CO[Si](C)(C)O[Si](C)(OC)OC.CO[Si](C)(C)O[Si](C)(OC)O[Si](C)(O)OC.CO[Si](C)(C)O[Si](O)(CCCN)O[Si](C)(OC)OC.C[Si](C)(O)O.O. The molecule has 0 radical (unpaired) electrons. The van der Waals surface area contributed by atoms with Crippen molar-refractivity contribution in [2.45, 2.75) is 151 Å². The molecule has 0 bridgehead atoms. The zero-order valence-electron chi connectivity index (χ0n) is 52.8. The predicted octanol–water partition coefficient (Wildman–Crippen LogP) is 2.99. The van der Waals surface area contributed by atoms with E-state index in [1.165, 1.54) is 55.2 Å². The van der Waals surface area contributed by atoms with E-state index in [0.717, 1.165) is 0 Å². The summed E-state index contributed by atoms with van der Waals surface area (Å²) in [5.74, 6) is 0. The van der Waals surface area contributed by atoms with Gasteiger partial charge in [0.2, 0.25) is 0 Å². The van der Waals surface area contributed by atoms with E-state index in [1.807, 2.05) is 65.8 Å². The molecule has 4 atom stereocenters. The highest BCUT2D eigenvalue weighted by atomic mass is 28.5. The van der Waals surface area contributed by atoms with Gasteiger partial charge in [0, 0.05) is 130 Å². The highest BCUT2D eigenvalue weighted by Crippen LogP contribution is 2.25. The van der Waals surface area contributed by atoms with Crippen molar-refractivity contribution in [1.29, 1.82) is 0 Å². The fourth-order valence-electron chi connectivity index (χ4n) is 4.09. The van der Waals surface area contributed by atoms with E-state index in [9.17, 15) is 14.4 Å². The van der Waals surface area contributed by atoms with E-state index in [-0.39, 0.29) is 19.5 Å². The maximum atomic E-state index is 10.7. The molecule has 13 N–H and O–H groups in total. The van der Waals surface area contributed by atoms with Crippen LogP contribution in [0.2, 0.25) is 117 Å². The van der Waals surface area contributed by atoms with Gasteiger partial charge in [-0.15, -0.1) is 0 Å². The first-order valence-electron chi connectivity index (χ1n) is 24.3. The molecule has 0 amide bonds. The van der Waals surface area contributed by atoms with Crippen molar-refractivity contribution >= 4 is 104 Å². The van der Waals surface area contributed by atoms with E-state index < -0.39 is 104 Å². The van der Waals surface area contributed by atoms with Crippen LogP contribution in [0.5, 0.6) is 0 Å². The summed E-state index contributed by atoms with van der Waals surface area (Å²) in [6, 6.07) is 0.857. The minimum Gasteiger partial charge on any atom is -0.412 e.